The van der Waals surface area contributed by atoms with Crippen LogP contribution in [0.2, 0.25) is 0 Å². The Labute approximate surface area is 338 Å². The summed E-state index contributed by atoms with van der Waals surface area (Å²) in [4.78, 5) is 71.5. The smallest absolute Gasteiger partial charge is 0.407 e. The van der Waals surface area contributed by atoms with Crippen molar-refractivity contribution in [3.8, 4) is 33.5 Å². The van der Waals surface area contributed by atoms with E-state index in [4.69, 9.17) is 19.4 Å². The summed E-state index contributed by atoms with van der Waals surface area (Å²) in [6.45, 7) is 8.98. The summed E-state index contributed by atoms with van der Waals surface area (Å²) in [7, 11) is 2.65. The van der Waals surface area contributed by atoms with Gasteiger partial charge in [0.15, 0.2) is 0 Å². The van der Waals surface area contributed by atoms with Crippen molar-refractivity contribution in [1.29, 1.82) is 0 Å². The Morgan fingerprint density at radius 3 is 1.88 bits per heavy atom. The molecule has 13 nitrogen and oxygen atoms in total. The molecule has 3 N–H and O–H groups in total. The predicted octanol–water partition coefficient (Wildman–Crippen LogP) is 7.83. The highest BCUT2D eigenvalue weighted by atomic mass is 16.5. The number of nitrogens with one attached hydrogen (secondary N) is 3. The van der Waals surface area contributed by atoms with E-state index in [1.165, 1.54) is 14.2 Å². The lowest BCUT2D eigenvalue weighted by Crippen LogP contribution is -2.51. The molecule has 3 aromatic carbocycles. The third kappa shape index (κ3) is 8.34. The van der Waals surface area contributed by atoms with Gasteiger partial charge in [-0.25, -0.2) is 14.8 Å². The lowest BCUT2D eigenvalue weighted by molar-refractivity contribution is -0.148. The van der Waals surface area contributed by atoms with E-state index in [2.05, 4.69) is 75.9 Å². The molecule has 2 saturated heterocycles. The van der Waals surface area contributed by atoms with Gasteiger partial charge in [-0.05, 0) is 77.5 Å². The van der Waals surface area contributed by atoms with Crippen LogP contribution in [0.4, 0.5) is 4.79 Å². The highest BCUT2D eigenvalue weighted by molar-refractivity contribution is 5.87. The lowest BCUT2D eigenvalue weighted by atomic mass is 9.91. The van der Waals surface area contributed by atoms with Crippen LogP contribution in [0.25, 0.3) is 44.5 Å². The first-order valence-corrected chi connectivity index (χ1v) is 20.2. The topological polar surface area (TPSA) is 163 Å². The number of hydrogen-bond donors (Lipinski definition) is 3. The van der Waals surface area contributed by atoms with E-state index >= 15 is 0 Å². The number of likely N-dealkylation sites (tertiary alicyclic amines) is 2. The second-order valence-corrected chi connectivity index (χ2v) is 16.1. The largest absolute Gasteiger partial charge is 0.469 e. The Hall–Kier alpha value is -5.98. The number of carbonyl (C=O) groups excluding carboxylic acids is 4. The average Bonchev–Trinajstić information content (AvgIpc) is 4.07. The molecule has 3 amide bonds. The Morgan fingerprint density at radius 1 is 0.724 bits per heavy atom. The summed E-state index contributed by atoms with van der Waals surface area (Å²) in [6.07, 6.45) is 4.60. The fraction of sp³-hybridized carbons (Fsp3) is 0.422. The number of imidazole rings is 2. The van der Waals surface area contributed by atoms with Gasteiger partial charge in [0, 0.05) is 13.1 Å². The van der Waals surface area contributed by atoms with Crippen molar-refractivity contribution in [2.45, 2.75) is 77.9 Å². The molecule has 2 aliphatic heterocycles. The van der Waals surface area contributed by atoms with Crippen molar-refractivity contribution in [1.82, 2.24) is 35.1 Å². The average molecular weight is 788 g/mol. The maximum absolute atomic E-state index is 13.6. The SMILES string of the molecule is COC(=O)C[C@H](C(=O)N1CCC[C@H]1c1ncc(-c2ccc(-c3ccc(-c4ccc5nc([C@@H]6CCCN6C(=O)[C@@H](NC(=O)OC)C(C)C)[nH]c5c4)cc3)cc2)[nH]1)C(C)C. The van der Waals surface area contributed by atoms with Gasteiger partial charge >= 0.3 is 12.1 Å². The quantitative estimate of drug-likeness (QED) is 0.108. The van der Waals surface area contributed by atoms with Crippen LogP contribution in [-0.2, 0) is 23.9 Å². The minimum Gasteiger partial charge on any atom is -0.469 e. The van der Waals surface area contributed by atoms with Gasteiger partial charge in [0.05, 0.1) is 61.6 Å². The first-order valence-electron chi connectivity index (χ1n) is 20.2. The van der Waals surface area contributed by atoms with Crippen molar-refractivity contribution < 1.29 is 28.7 Å². The van der Waals surface area contributed by atoms with Crippen LogP contribution in [0, 0.1) is 17.8 Å². The van der Waals surface area contributed by atoms with E-state index in [0.29, 0.717) is 13.1 Å². The summed E-state index contributed by atoms with van der Waals surface area (Å²) in [5.41, 5.74) is 7.89. The third-order valence-corrected chi connectivity index (χ3v) is 11.7. The molecule has 58 heavy (non-hydrogen) atoms. The molecule has 0 bridgehead atoms. The summed E-state index contributed by atoms with van der Waals surface area (Å²) in [6, 6.07) is 21.9. The molecule has 0 saturated carbocycles. The first-order chi connectivity index (χ1) is 27.9. The molecule has 0 radical (unpaired) electrons. The van der Waals surface area contributed by atoms with Crippen LogP contribution in [0.1, 0.15) is 83.5 Å². The zero-order valence-electron chi connectivity index (χ0n) is 34.1. The summed E-state index contributed by atoms with van der Waals surface area (Å²) in [5, 5.41) is 2.71. The number of aromatic amines is 2. The van der Waals surface area contributed by atoms with Crippen LogP contribution in [0.5, 0.6) is 0 Å². The number of benzene rings is 3. The number of fused-ring (bicyclic) bond motifs is 1. The number of amides is 3. The van der Waals surface area contributed by atoms with E-state index in [1.807, 2.05) is 49.8 Å². The van der Waals surface area contributed by atoms with Gasteiger partial charge in [-0.3, -0.25) is 14.4 Å². The summed E-state index contributed by atoms with van der Waals surface area (Å²) in [5.74, 6) is 0.431. The maximum atomic E-state index is 13.6. The molecular formula is C45H53N7O6. The number of nitrogens with zero attached hydrogens (tertiary/aromatic N) is 4. The molecule has 0 unspecified atom stereocenters. The summed E-state index contributed by atoms with van der Waals surface area (Å²) < 4.78 is 9.64. The number of rotatable bonds is 12. The van der Waals surface area contributed by atoms with E-state index < -0.39 is 18.1 Å². The number of alkyl carbamates (subject to hydrolysis) is 1. The van der Waals surface area contributed by atoms with Gasteiger partial charge in [-0.2, -0.15) is 0 Å². The van der Waals surface area contributed by atoms with Gasteiger partial charge in [-0.1, -0.05) is 82.3 Å². The molecule has 2 fully saturated rings. The zero-order chi connectivity index (χ0) is 41.1. The lowest BCUT2D eigenvalue weighted by Gasteiger charge is -2.29. The normalized spacial score (nSPS) is 17.9. The van der Waals surface area contributed by atoms with E-state index in [1.54, 1.807) is 0 Å². The number of aromatic nitrogens is 4. The van der Waals surface area contributed by atoms with Gasteiger partial charge in [0.1, 0.15) is 17.7 Å². The Balaban J connectivity index is 1.02. The van der Waals surface area contributed by atoms with E-state index in [0.717, 1.165) is 81.9 Å². The van der Waals surface area contributed by atoms with Crippen LogP contribution in [-0.4, -0.2) is 87.0 Å². The molecule has 0 aliphatic carbocycles. The van der Waals surface area contributed by atoms with E-state index in [9.17, 15) is 19.2 Å². The van der Waals surface area contributed by atoms with E-state index in [-0.39, 0.29) is 48.1 Å². The van der Waals surface area contributed by atoms with Crippen molar-refractivity contribution in [3.63, 3.8) is 0 Å². The fourth-order valence-corrected chi connectivity index (χ4v) is 8.31. The van der Waals surface area contributed by atoms with Gasteiger partial charge in [0.2, 0.25) is 11.8 Å². The first kappa shape index (κ1) is 40.2. The number of hydrogen-bond acceptors (Lipinski definition) is 8. The number of H-pyrrole nitrogens is 2. The summed E-state index contributed by atoms with van der Waals surface area (Å²) >= 11 is 0. The van der Waals surface area contributed by atoms with Crippen LogP contribution < -0.4 is 5.32 Å². The Morgan fingerprint density at radius 2 is 1.29 bits per heavy atom. The molecule has 0 spiro atoms. The minimum atomic E-state index is -0.687. The third-order valence-electron chi connectivity index (χ3n) is 11.7. The molecule has 2 aromatic heterocycles. The van der Waals surface area contributed by atoms with Gasteiger partial charge in [0.25, 0.3) is 0 Å². The van der Waals surface area contributed by atoms with Gasteiger partial charge < -0.3 is 34.6 Å². The second kappa shape index (κ2) is 17.3. The number of ether oxygens (including phenoxy) is 2. The number of esters is 1. The van der Waals surface area contributed by atoms with Gasteiger partial charge in [-0.15, -0.1) is 0 Å². The molecular weight excluding hydrogens is 735 g/mol. The van der Waals surface area contributed by atoms with Crippen LogP contribution in [0.15, 0.2) is 72.9 Å². The van der Waals surface area contributed by atoms with Crippen molar-refractivity contribution in [3.05, 3.63) is 84.6 Å². The van der Waals surface area contributed by atoms with Crippen molar-refractivity contribution in [2.24, 2.45) is 17.8 Å². The fourth-order valence-electron chi connectivity index (χ4n) is 8.31. The molecule has 5 aromatic rings. The van der Waals surface area contributed by atoms with Crippen molar-refractivity contribution >= 4 is 34.9 Å². The molecule has 4 atom stereocenters. The van der Waals surface area contributed by atoms with Crippen molar-refractivity contribution in [2.75, 3.05) is 27.3 Å². The molecule has 7 rings (SSSR count). The molecule has 304 valence electrons. The number of carbonyl (C=O) groups is 4. The monoisotopic (exact) mass is 787 g/mol. The highest BCUT2D eigenvalue weighted by Gasteiger charge is 2.39. The predicted molar refractivity (Wildman–Crippen MR) is 221 cm³/mol. The Bertz CT molecular complexity index is 2260. The maximum Gasteiger partial charge on any atom is 0.407 e. The molecule has 13 heteroatoms. The zero-order valence-corrected chi connectivity index (χ0v) is 34.1. The van der Waals surface area contributed by atoms with Crippen LogP contribution in [0.3, 0.4) is 0 Å². The second-order valence-electron chi connectivity index (χ2n) is 16.1. The standard InChI is InChI=1S/C45H53N7O6/c1-26(2)33(24-39(53)57-5)43(54)51-21-7-9-37(51)41-46-25-36(49-41)31-17-15-29(16-18-31)28-11-13-30(14-12-28)32-19-20-34-35(23-32)48-42(47-34)38-10-8-22-52(38)44(55)40(27(3)4)50-45(56)58-6/h11-20,23,25-27,33,37-38,40H,7-10,21-22,24H2,1-6H3,(H,46,49)(H,47,48)(H,50,56)/t33-,37-,38-,40-/m0/s1. The molecule has 2 aliphatic rings. The molecule has 4 heterocycles. The van der Waals surface area contributed by atoms with Crippen LogP contribution >= 0.6 is 0 Å². The Kier molecular flexibility index (Phi) is 12.0. The highest BCUT2D eigenvalue weighted by Crippen LogP contribution is 2.36. The number of methoxy groups -OCH3 is 2. The minimum absolute atomic E-state index is 0.00759.